The van der Waals surface area contributed by atoms with E-state index in [2.05, 4.69) is 15.5 Å². The van der Waals surface area contributed by atoms with Crippen molar-refractivity contribution < 1.29 is 4.57 Å². The predicted octanol–water partition coefficient (Wildman–Crippen LogP) is 4.17. The summed E-state index contributed by atoms with van der Waals surface area (Å²) < 4.78 is 15.1. The Morgan fingerprint density at radius 3 is 2.29 bits per heavy atom. The van der Waals surface area contributed by atoms with Crippen LogP contribution in [0.4, 0.5) is 5.69 Å². The van der Waals surface area contributed by atoms with Crippen LogP contribution in [-0.2, 0) is 4.57 Å². The number of aryl methyl sites for hydroxylation is 1. The van der Waals surface area contributed by atoms with Crippen molar-refractivity contribution in [3.05, 3.63) is 29.8 Å². The van der Waals surface area contributed by atoms with Crippen molar-refractivity contribution in [3.63, 3.8) is 0 Å². The van der Waals surface area contributed by atoms with Gasteiger partial charge in [0.15, 0.2) is 5.11 Å². The molecule has 0 heterocycles. The summed E-state index contributed by atoms with van der Waals surface area (Å²) in [6.45, 7) is 5.51. The molecule has 0 radical (unpaired) electrons. The second-order valence-corrected chi connectivity index (χ2v) is 8.67. The Bertz CT molecular complexity index is 553. The quantitative estimate of drug-likeness (QED) is 0.305. The molecule has 0 saturated heterocycles. The molecule has 1 atom stereocenters. The first-order valence-electron chi connectivity index (χ1n) is 7.83. The number of anilines is 1. The number of rotatable bonds is 10. The number of halogens is 2. The van der Waals surface area contributed by atoms with Gasteiger partial charge in [0.25, 0.3) is 0 Å². The number of nitrogens with zero attached hydrogens (tertiary/aromatic N) is 1. The molecule has 3 N–H and O–H groups in total. The van der Waals surface area contributed by atoms with E-state index in [1.165, 1.54) is 0 Å². The zero-order valence-corrected chi connectivity index (χ0v) is 17.2. The van der Waals surface area contributed by atoms with Gasteiger partial charge in [0.05, 0.1) is 0 Å². The van der Waals surface area contributed by atoms with Gasteiger partial charge in [-0.05, 0) is 37.7 Å². The molecule has 24 heavy (non-hydrogen) atoms. The molecule has 0 saturated carbocycles. The molecule has 9 heteroatoms. The standard InChI is InChI=1S/C15H25Cl2N4OPS/c1-3-10-18-23(22,21(11-8-16)12-9-17)20-15(24)19-14-6-4-13(2)5-7-14/h4-7H,3,8-12H2,1-2H3,(H3,18,19,20,22,24). The summed E-state index contributed by atoms with van der Waals surface area (Å²) in [7, 11) is -3.12. The average molecular weight is 411 g/mol. The molecule has 1 aromatic rings. The van der Waals surface area contributed by atoms with Crippen LogP contribution < -0.4 is 15.5 Å². The Balaban J connectivity index is 2.84. The number of benzene rings is 1. The number of hydrogen-bond acceptors (Lipinski definition) is 2. The molecule has 0 aliphatic heterocycles. The lowest BCUT2D eigenvalue weighted by Crippen LogP contribution is -2.41. The summed E-state index contributed by atoms with van der Waals surface area (Å²) in [6.07, 6.45) is 0.847. The molecule has 0 aliphatic rings. The topological polar surface area (TPSA) is 56.4 Å². The predicted molar refractivity (Wildman–Crippen MR) is 109 cm³/mol. The molecule has 0 aliphatic carbocycles. The third-order valence-corrected chi connectivity index (χ3v) is 6.29. The maximum atomic E-state index is 13.4. The van der Waals surface area contributed by atoms with Crippen molar-refractivity contribution in [2.24, 2.45) is 0 Å². The number of alkyl halides is 2. The van der Waals surface area contributed by atoms with Crippen molar-refractivity contribution in [3.8, 4) is 0 Å². The van der Waals surface area contributed by atoms with E-state index in [4.69, 9.17) is 35.4 Å². The lowest BCUT2D eigenvalue weighted by atomic mass is 10.2. The molecule has 0 spiro atoms. The highest BCUT2D eigenvalue weighted by Crippen LogP contribution is 2.40. The van der Waals surface area contributed by atoms with Crippen LogP contribution in [0.5, 0.6) is 0 Å². The van der Waals surface area contributed by atoms with Gasteiger partial charge < -0.3 is 5.32 Å². The maximum absolute atomic E-state index is 13.4. The Labute approximate surface area is 160 Å². The second-order valence-electron chi connectivity index (χ2n) is 5.25. The van der Waals surface area contributed by atoms with E-state index in [1.807, 2.05) is 38.1 Å². The molecular weight excluding hydrogens is 386 g/mol. The zero-order valence-electron chi connectivity index (χ0n) is 14.0. The van der Waals surface area contributed by atoms with Gasteiger partial charge in [-0.15, -0.1) is 23.2 Å². The van der Waals surface area contributed by atoms with Gasteiger partial charge in [0.1, 0.15) is 0 Å². The Morgan fingerprint density at radius 1 is 1.21 bits per heavy atom. The van der Waals surface area contributed by atoms with E-state index in [9.17, 15) is 4.57 Å². The van der Waals surface area contributed by atoms with Crippen molar-refractivity contribution in [1.82, 2.24) is 14.8 Å². The first-order valence-corrected chi connectivity index (χ1v) is 11.0. The van der Waals surface area contributed by atoms with Gasteiger partial charge in [-0.2, -0.15) is 0 Å². The highest BCUT2D eigenvalue weighted by molar-refractivity contribution is 7.81. The highest BCUT2D eigenvalue weighted by atomic mass is 35.5. The van der Waals surface area contributed by atoms with Gasteiger partial charge in [-0.1, -0.05) is 24.6 Å². The molecule has 5 nitrogen and oxygen atoms in total. The summed E-state index contributed by atoms with van der Waals surface area (Å²) in [5.41, 5.74) is 1.99. The van der Waals surface area contributed by atoms with Crippen LogP contribution in [0.15, 0.2) is 24.3 Å². The number of thiocarbonyl (C=S) groups is 1. The van der Waals surface area contributed by atoms with Crippen molar-refractivity contribution in [1.29, 1.82) is 0 Å². The molecule has 0 amide bonds. The fourth-order valence-corrected chi connectivity index (χ4v) is 5.17. The van der Waals surface area contributed by atoms with Crippen LogP contribution in [0.25, 0.3) is 0 Å². The summed E-state index contributed by atoms with van der Waals surface area (Å²) in [5, 5.41) is 9.35. The van der Waals surface area contributed by atoms with Gasteiger partial charge in [0.2, 0.25) is 0 Å². The first kappa shape index (κ1) is 21.7. The first-order chi connectivity index (χ1) is 11.4. The van der Waals surface area contributed by atoms with E-state index >= 15 is 0 Å². The minimum atomic E-state index is -3.12. The lowest BCUT2D eigenvalue weighted by Gasteiger charge is -2.32. The van der Waals surface area contributed by atoms with Crippen molar-refractivity contribution >= 4 is 53.8 Å². The van der Waals surface area contributed by atoms with Crippen LogP contribution in [-0.4, -0.2) is 41.2 Å². The van der Waals surface area contributed by atoms with Gasteiger partial charge >= 0.3 is 7.59 Å². The smallest absolute Gasteiger partial charge is 0.307 e. The molecular formula is C15H25Cl2N4OPS. The van der Waals surface area contributed by atoms with Gasteiger partial charge in [-0.25, -0.2) is 9.76 Å². The summed E-state index contributed by atoms with van der Waals surface area (Å²) >= 11 is 17.0. The summed E-state index contributed by atoms with van der Waals surface area (Å²) in [6, 6.07) is 7.80. The Morgan fingerprint density at radius 2 is 1.79 bits per heavy atom. The zero-order chi connectivity index (χ0) is 18.0. The Hall–Kier alpha value is -0.360. The maximum Gasteiger partial charge on any atom is 0.307 e. The molecule has 0 aromatic heterocycles. The van der Waals surface area contributed by atoms with Crippen LogP contribution >= 0.6 is 43.0 Å². The normalized spacial score (nSPS) is 13.5. The second kappa shape index (κ2) is 11.3. The number of nitrogens with one attached hydrogen (secondary N) is 3. The molecule has 1 unspecified atom stereocenters. The molecule has 0 bridgehead atoms. The summed E-state index contributed by atoms with van der Waals surface area (Å²) in [5.74, 6) is 0.711. The molecule has 1 aromatic carbocycles. The van der Waals surface area contributed by atoms with E-state index < -0.39 is 7.59 Å². The van der Waals surface area contributed by atoms with Gasteiger partial charge in [-0.3, -0.25) is 9.65 Å². The fraction of sp³-hybridized carbons (Fsp3) is 0.533. The lowest BCUT2D eigenvalue weighted by molar-refractivity contribution is 0.431. The van der Waals surface area contributed by atoms with Crippen LogP contribution in [0.3, 0.4) is 0 Å². The minimum absolute atomic E-state index is 0.292. The van der Waals surface area contributed by atoms with Crippen LogP contribution in [0.1, 0.15) is 18.9 Å². The molecule has 1 rings (SSSR count). The average Bonchev–Trinajstić information content (AvgIpc) is 2.55. The SMILES string of the molecule is CCCNP(=O)(NC(=S)Nc1ccc(C)cc1)N(CCCl)CCCl. The largest absolute Gasteiger partial charge is 0.332 e. The van der Waals surface area contributed by atoms with Crippen LogP contribution in [0, 0.1) is 6.92 Å². The molecule has 0 fully saturated rings. The van der Waals surface area contributed by atoms with Crippen molar-refractivity contribution in [2.75, 3.05) is 36.7 Å². The summed E-state index contributed by atoms with van der Waals surface area (Å²) in [4.78, 5) is 0. The third kappa shape index (κ3) is 7.26. The monoisotopic (exact) mass is 410 g/mol. The van der Waals surface area contributed by atoms with E-state index in [0.717, 1.165) is 17.7 Å². The van der Waals surface area contributed by atoms with E-state index in [-0.39, 0.29) is 0 Å². The van der Waals surface area contributed by atoms with Crippen molar-refractivity contribution in [2.45, 2.75) is 20.3 Å². The Kier molecular flexibility index (Phi) is 10.2. The minimum Gasteiger partial charge on any atom is -0.332 e. The van der Waals surface area contributed by atoms with Crippen LogP contribution in [0.2, 0.25) is 0 Å². The molecule has 136 valence electrons. The van der Waals surface area contributed by atoms with E-state index in [1.54, 1.807) is 4.67 Å². The van der Waals surface area contributed by atoms with E-state index in [0.29, 0.717) is 36.5 Å². The van der Waals surface area contributed by atoms with Gasteiger partial charge in [0, 0.05) is 37.1 Å². The number of hydrogen-bond donors (Lipinski definition) is 3. The highest BCUT2D eigenvalue weighted by Gasteiger charge is 2.30. The third-order valence-electron chi connectivity index (χ3n) is 3.22. The fourth-order valence-electron chi connectivity index (χ4n) is 2.00.